The van der Waals surface area contributed by atoms with E-state index in [0.29, 0.717) is 0 Å². The molecule has 0 bridgehead atoms. The number of hydrogen-bond donors (Lipinski definition) is 3. The first-order chi connectivity index (χ1) is 16.0. The van der Waals surface area contributed by atoms with Crippen LogP contribution in [0.4, 0.5) is 9.59 Å². The molecule has 1 saturated heterocycles. The van der Waals surface area contributed by atoms with Crippen molar-refractivity contribution in [1.82, 2.24) is 20.4 Å². The van der Waals surface area contributed by atoms with Crippen LogP contribution in [0, 0.1) is 0 Å². The van der Waals surface area contributed by atoms with E-state index < -0.39 is 54.7 Å². The normalized spacial score (nSPS) is 16.0. The molecular weight excluding hydrogens is 448 g/mol. The number of alkyl carbamates (subject to hydrolysis) is 2. The van der Waals surface area contributed by atoms with Crippen molar-refractivity contribution in [3.63, 3.8) is 0 Å². The fraction of sp³-hybridized carbons (Fsp3) is 0.500. The highest BCUT2D eigenvalue weighted by atomic mass is 16.6. The van der Waals surface area contributed by atoms with Crippen LogP contribution in [0.25, 0.3) is 0 Å². The standard InChI is InChI=1S/C22H30N4O8/c1-22(2,3)34-21(32)23-11-16-19(30)25(13-18(28)29)9-10-26(16)17(27)12-24-20(31)33-14-15-7-5-4-6-8-15/h4-8,16H,9-14H2,1-3H3,(H,23,32)(H,24,31)(H,28,29)/t16-/m0/s1. The number of carbonyl (C=O) groups excluding carboxylic acids is 4. The van der Waals surface area contributed by atoms with Crippen LogP contribution in [0.2, 0.25) is 0 Å². The predicted molar refractivity (Wildman–Crippen MR) is 119 cm³/mol. The van der Waals surface area contributed by atoms with Gasteiger partial charge in [0.2, 0.25) is 11.8 Å². The molecule has 3 N–H and O–H groups in total. The molecule has 12 heteroatoms. The third-order valence-corrected chi connectivity index (χ3v) is 4.67. The lowest BCUT2D eigenvalue weighted by atomic mass is 10.1. The van der Waals surface area contributed by atoms with E-state index in [1.54, 1.807) is 45.0 Å². The highest BCUT2D eigenvalue weighted by Crippen LogP contribution is 2.13. The van der Waals surface area contributed by atoms with Gasteiger partial charge in [0.1, 0.15) is 31.3 Å². The zero-order valence-corrected chi connectivity index (χ0v) is 19.4. The van der Waals surface area contributed by atoms with Crippen molar-refractivity contribution < 1.29 is 38.6 Å². The Morgan fingerprint density at radius 2 is 1.74 bits per heavy atom. The summed E-state index contributed by atoms with van der Waals surface area (Å²) in [5.74, 6) is -2.42. The first-order valence-corrected chi connectivity index (χ1v) is 10.7. The third-order valence-electron chi connectivity index (χ3n) is 4.67. The van der Waals surface area contributed by atoms with E-state index in [1.165, 1.54) is 4.90 Å². The maximum atomic E-state index is 12.8. The number of hydrogen-bond acceptors (Lipinski definition) is 7. The van der Waals surface area contributed by atoms with Crippen molar-refractivity contribution in [3.8, 4) is 0 Å². The summed E-state index contributed by atoms with van der Waals surface area (Å²) >= 11 is 0. The van der Waals surface area contributed by atoms with Gasteiger partial charge in [-0.3, -0.25) is 14.4 Å². The molecule has 0 unspecified atom stereocenters. The van der Waals surface area contributed by atoms with Gasteiger partial charge in [-0.15, -0.1) is 0 Å². The topological polar surface area (TPSA) is 155 Å². The molecule has 34 heavy (non-hydrogen) atoms. The van der Waals surface area contributed by atoms with E-state index in [4.69, 9.17) is 14.6 Å². The SMILES string of the molecule is CC(C)(C)OC(=O)NC[C@H]1C(=O)N(CC(=O)O)CCN1C(=O)CNC(=O)OCc1ccccc1. The van der Waals surface area contributed by atoms with Crippen LogP contribution in [0.1, 0.15) is 26.3 Å². The van der Waals surface area contributed by atoms with Crippen molar-refractivity contribution in [2.75, 3.05) is 32.7 Å². The van der Waals surface area contributed by atoms with Gasteiger partial charge in [-0.25, -0.2) is 9.59 Å². The number of carbonyl (C=O) groups is 5. The van der Waals surface area contributed by atoms with Crippen LogP contribution in [0.5, 0.6) is 0 Å². The lowest BCUT2D eigenvalue weighted by Gasteiger charge is -2.40. The molecule has 1 aliphatic heterocycles. The first-order valence-electron chi connectivity index (χ1n) is 10.7. The maximum Gasteiger partial charge on any atom is 0.407 e. The summed E-state index contributed by atoms with van der Waals surface area (Å²) in [6.45, 7) is 3.81. The molecule has 0 spiro atoms. The smallest absolute Gasteiger partial charge is 0.407 e. The number of benzene rings is 1. The summed E-state index contributed by atoms with van der Waals surface area (Å²) in [5.41, 5.74) is 0.00706. The molecule has 2 rings (SSSR count). The number of rotatable bonds is 8. The Labute approximate surface area is 197 Å². The van der Waals surface area contributed by atoms with Crippen LogP contribution in [0.3, 0.4) is 0 Å². The van der Waals surface area contributed by atoms with Crippen molar-refractivity contribution in [2.45, 2.75) is 39.0 Å². The van der Waals surface area contributed by atoms with Gasteiger partial charge in [0.15, 0.2) is 0 Å². The number of amides is 4. The van der Waals surface area contributed by atoms with Gasteiger partial charge in [-0.1, -0.05) is 30.3 Å². The fourth-order valence-electron chi connectivity index (χ4n) is 3.17. The van der Waals surface area contributed by atoms with Crippen LogP contribution in [-0.2, 0) is 30.5 Å². The highest BCUT2D eigenvalue weighted by molar-refractivity contribution is 5.92. The fourth-order valence-corrected chi connectivity index (χ4v) is 3.17. The molecule has 1 heterocycles. The maximum absolute atomic E-state index is 12.8. The van der Waals surface area contributed by atoms with E-state index in [9.17, 15) is 24.0 Å². The van der Waals surface area contributed by atoms with E-state index in [1.807, 2.05) is 6.07 Å². The molecule has 1 aromatic rings. The molecule has 186 valence electrons. The van der Waals surface area contributed by atoms with Crippen LogP contribution < -0.4 is 10.6 Å². The lowest BCUT2D eigenvalue weighted by Crippen LogP contribution is -2.63. The third kappa shape index (κ3) is 8.60. The summed E-state index contributed by atoms with van der Waals surface area (Å²) in [5, 5.41) is 13.8. The van der Waals surface area contributed by atoms with E-state index >= 15 is 0 Å². The molecule has 12 nitrogen and oxygen atoms in total. The number of nitrogens with zero attached hydrogens (tertiary/aromatic N) is 2. The molecule has 1 fully saturated rings. The summed E-state index contributed by atoms with van der Waals surface area (Å²) in [4.78, 5) is 62.9. The Balaban J connectivity index is 1.97. The van der Waals surface area contributed by atoms with Gasteiger partial charge in [0, 0.05) is 13.1 Å². The van der Waals surface area contributed by atoms with Gasteiger partial charge >= 0.3 is 18.2 Å². The average molecular weight is 479 g/mol. The summed E-state index contributed by atoms with van der Waals surface area (Å²) < 4.78 is 10.2. The monoisotopic (exact) mass is 478 g/mol. The summed E-state index contributed by atoms with van der Waals surface area (Å²) in [6, 6.07) is 7.83. The average Bonchev–Trinajstić information content (AvgIpc) is 2.75. The van der Waals surface area contributed by atoms with Crippen molar-refractivity contribution in [1.29, 1.82) is 0 Å². The zero-order valence-electron chi connectivity index (χ0n) is 19.4. The number of aliphatic carboxylic acids is 1. The van der Waals surface area contributed by atoms with Crippen molar-refractivity contribution in [3.05, 3.63) is 35.9 Å². The number of ether oxygens (including phenoxy) is 2. The molecule has 1 aliphatic rings. The molecular formula is C22H30N4O8. The number of nitrogens with one attached hydrogen (secondary N) is 2. The molecule has 0 aliphatic carbocycles. The Hall–Kier alpha value is -3.83. The van der Waals surface area contributed by atoms with E-state index in [2.05, 4.69) is 10.6 Å². The lowest BCUT2D eigenvalue weighted by molar-refractivity contribution is -0.154. The second kappa shape index (κ2) is 11.9. The highest BCUT2D eigenvalue weighted by Gasteiger charge is 2.38. The van der Waals surface area contributed by atoms with Gasteiger partial charge in [0.25, 0.3) is 0 Å². The van der Waals surface area contributed by atoms with Gasteiger partial charge in [-0.05, 0) is 26.3 Å². The number of carboxylic acid groups (broad SMARTS) is 1. The Bertz CT molecular complexity index is 900. The molecule has 4 amide bonds. The van der Waals surface area contributed by atoms with E-state index in [-0.39, 0.29) is 26.2 Å². The van der Waals surface area contributed by atoms with Crippen LogP contribution in [-0.4, -0.2) is 89.2 Å². The van der Waals surface area contributed by atoms with Gasteiger partial charge < -0.3 is 35.0 Å². The van der Waals surface area contributed by atoms with E-state index in [0.717, 1.165) is 10.5 Å². The second-order valence-corrected chi connectivity index (χ2v) is 8.55. The first kappa shape index (κ1) is 26.4. The molecule has 1 atom stereocenters. The summed E-state index contributed by atoms with van der Waals surface area (Å²) in [6.07, 6.45) is -1.60. The zero-order chi connectivity index (χ0) is 25.3. The quantitative estimate of drug-likeness (QED) is 0.490. The Kier molecular flexibility index (Phi) is 9.22. The second-order valence-electron chi connectivity index (χ2n) is 8.55. The summed E-state index contributed by atoms with van der Waals surface area (Å²) in [7, 11) is 0. The minimum absolute atomic E-state index is 0.00172. The minimum Gasteiger partial charge on any atom is -0.480 e. The predicted octanol–water partition coefficient (Wildman–Crippen LogP) is 0.562. The molecule has 0 saturated carbocycles. The molecule has 0 aromatic heterocycles. The minimum atomic E-state index is -1.20. The Morgan fingerprint density at radius 3 is 2.35 bits per heavy atom. The van der Waals surface area contributed by atoms with Crippen LogP contribution >= 0.6 is 0 Å². The Morgan fingerprint density at radius 1 is 1.06 bits per heavy atom. The molecule has 0 radical (unpaired) electrons. The molecule has 1 aromatic carbocycles. The van der Waals surface area contributed by atoms with Crippen LogP contribution in [0.15, 0.2) is 30.3 Å². The van der Waals surface area contributed by atoms with Crippen molar-refractivity contribution >= 4 is 30.0 Å². The largest absolute Gasteiger partial charge is 0.480 e. The van der Waals surface area contributed by atoms with Gasteiger partial charge in [0.05, 0.1) is 6.54 Å². The number of piperazine rings is 1. The number of carboxylic acids is 1. The van der Waals surface area contributed by atoms with Gasteiger partial charge in [-0.2, -0.15) is 0 Å². The van der Waals surface area contributed by atoms with Crippen molar-refractivity contribution in [2.24, 2.45) is 0 Å².